The fourth-order valence-electron chi connectivity index (χ4n) is 6.57. The van der Waals surface area contributed by atoms with Crippen molar-refractivity contribution in [3.63, 3.8) is 0 Å². The van der Waals surface area contributed by atoms with Gasteiger partial charge in [0, 0.05) is 63.8 Å². The fourth-order valence-corrected chi connectivity index (χ4v) is 8.38. The standard InChI is InChI=1S/C46H49Cl3O2S/c1-43(2,3)32-21-27(22-33(41(32)50)44(4,5)6)39(26-13-15-29(47)16-14-26)37-19-20-38(52-37)40(31-18-17-30(48)25-36(31)49)28-23-34(45(7,8)9)42(51)35(24-28)46(10,11)12/h13-25H,1-12H3. The molecular weight excluding hydrogens is 723 g/mol. The Morgan fingerprint density at radius 3 is 1.23 bits per heavy atom. The van der Waals surface area contributed by atoms with Crippen molar-refractivity contribution in [3.05, 3.63) is 148 Å². The van der Waals surface area contributed by atoms with Gasteiger partial charge in [0.05, 0.1) is 0 Å². The molecule has 0 unspecified atom stereocenters. The van der Waals surface area contributed by atoms with Crippen molar-refractivity contribution in [1.82, 2.24) is 0 Å². The van der Waals surface area contributed by atoms with Crippen LogP contribution in [-0.2, 0) is 9.59 Å². The Hall–Kier alpha value is -3.21. The van der Waals surface area contributed by atoms with Gasteiger partial charge in [-0.1, -0.05) is 136 Å². The van der Waals surface area contributed by atoms with Gasteiger partial charge in [0.15, 0.2) is 11.6 Å². The minimum atomic E-state index is -0.388. The van der Waals surface area contributed by atoms with Crippen LogP contribution in [0.3, 0.4) is 0 Å². The molecule has 0 radical (unpaired) electrons. The second-order valence-corrected chi connectivity index (χ2v) is 20.2. The largest absolute Gasteiger partial charge is 0.289 e. The predicted molar refractivity (Wildman–Crippen MR) is 224 cm³/mol. The Morgan fingerprint density at radius 2 is 0.846 bits per heavy atom. The van der Waals surface area contributed by atoms with Gasteiger partial charge >= 0.3 is 0 Å². The quantitative estimate of drug-likeness (QED) is 0.265. The Labute approximate surface area is 329 Å². The van der Waals surface area contributed by atoms with E-state index in [0.717, 1.165) is 65.5 Å². The number of hydrogen-bond acceptors (Lipinski definition) is 3. The van der Waals surface area contributed by atoms with E-state index in [1.54, 1.807) is 17.4 Å². The van der Waals surface area contributed by atoms with Gasteiger partial charge in [-0.3, -0.25) is 9.59 Å². The predicted octanol–water partition coefficient (Wildman–Crippen LogP) is 14.4. The van der Waals surface area contributed by atoms with Gasteiger partial charge in [0.25, 0.3) is 0 Å². The molecule has 272 valence electrons. The molecule has 0 saturated carbocycles. The molecule has 1 heterocycles. The number of ketones is 2. The summed E-state index contributed by atoms with van der Waals surface area (Å²) in [7, 11) is 0. The highest BCUT2D eigenvalue weighted by molar-refractivity contribution is 7.14. The van der Waals surface area contributed by atoms with Gasteiger partial charge in [-0.05, 0) is 99.1 Å². The summed E-state index contributed by atoms with van der Waals surface area (Å²) in [6.07, 6.45) is 8.22. The summed E-state index contributed by atoms with van der Waals surface area (Å²) in [5.41, 5.74) is 7.19. The molecule has 0 atom stereocenters. The lowest BCUT2D eigenvalue weighted by Gasteiger charge is -2.32. The van der Waals surface area contributed by atoms with Crippen molar-refractivity contribution < 1.29 is 9.59 Å². The van der Waals surface area contributed by atoms with Crippen LogP contribution in [0.2, 0.25) is 15.1 Å². The minimum Gasteiger partial charge on any atom is -0.289 e. The third kappa shape index (κ3) is 8.29. The third-order valence-corrected chi connectivity index (χ3v) is 11.3. The summed E-state index contributed by atoms with van der Waals surface area (Å²) < 4.78 is 0. The van der Waals surface area contributed by atoms with Gasteiger partial charge in [0.1, 0.15) is 0 Å². The lowest BCUT2D eigenvalue weighted by molar-refractivity contribution is -0.114. The zero-order valence-electron chi connectivity index (χ0n) is 32.4. The molecule has 0 spiro atoms. The lowest BCUT2D eigenvalue weighted by atomic mass is 9.71. The SMILES string of the molecule is CC(C)(C)C1=CC(=C(c2ccc(Cl)cc2)c2ccc(C(=C3C=C(C(C)(C)C)C(=O)C(C(C)(C)C)=C3)c3ccc(Cl)cc3Cl)s2)C=C(C(C)(C)C)C1=O. The second-order valence-electron chi connectivity index (χ2n) is 17.8. The molecule has 0 N–H and O–H groups in total. The first-order valence-electron chi connectivity index (χ1n) is 17.7. The van der Waals surface area contributed by atoms with E-state index in [0.29, 0.717) is 15.1 Å². The van der Waals surface area contributed by atoms with Crippen molar-refractivity contribution in [2.24, 2.45) is 21.7 Å². The Bertz CT molecular complexity index is 2080. The number of carbonyl (C=O) groups excluding carboxylic acids is 2. The molecule has 2 nitrogen and oxygen atoms in total. The van der Waals surface area contributed by atoms with E-state index in [4.69, 9.17) is 34.8 Å². The lowest BCUT2D eigenvalue weighted by Crippen LogP contribution is -2.28. The maximum Gasteiger partial charge on any atom is 0.186 e. The van der Waals surface area contributed by atoms with Gasteiger partial charge in [0.2, 0.25) is 0 Å². The molecule has 0 amide bonds. The van der Waals surface area contributed by atoms with Crippen LogP contribution in [-0.4, -0.2) is 11.6 Å². The van der Waals surface area contributed by atoms with Crippen LogP contribution in [0, 0.1) is 21.7 Å². The second kappa shape index (κ2) is 14.2. The zero-order chi connectivity index (χ0) is 38.7. The summed E-state index contributed by atoms with van der Waals surface area (Å²) in [6, 6.07) is 17.7. The van der Waals surface area contributed by atoms with Crippen LogP contribution in [0.15, 0.2) is 112 Å². The molecular formula is C46H49Cl3O2S. The molecule has 2 aromatic carbocycles. The van der Waals surface area contributed by atoms with Gasteiger partial charge in [-0.25, -0.2) is 0 Å². The summed E-state index contributed by atoms with van der Waals surface area (Å²) in [5.74, 6) is 0.159. The highest BCUT2D eigenvalue weighted by Gasteiger charge is 2.37. The van der Waals surface area contributed by atoms with Crippen molar-refractivity contribution in [3.8, 4) is 0 Å². The average Bonchev–Trinajstić information content (AvgIpc) is 3.47. The number of rotatable bonds is 4. The van der Waals surface area contributed by atoms with E-state index in [9.17, 15) is 9.59 Å². The molecule has 2 aliphatic carbocycles. The number of hydrogen-bond donors (Lipinski definition) is 0. The van der Waals surface area contributed by atoms with Crippen molar-refractivity contribution >= 4 is 68.9 Å². The first kappa shape index (κ1) is 40.0. The van der Waals surface area contributed by atoms with Gasteiger partial charge in [-0.2, -0.15) is 0 Å². The van der Waals surface area contributed by atoms with Crippen LogP contribution < -0.4 is 0 Å². The maximum atomic E-state index is 14.0. The first-order chi connectivity index (χ1) is 23.9. The maximum absolute atomic E-state index is 14.0. The number of carbonyl (C=O) groups is 2. The summed E-state index contributed by atoms with van der Waals surface area (Å²) in [6.45, 7) is 25.0. The normalized spacial score (nSPS) is 16.1. The minimum absolute atomic E-state index is 0.0710. The van der Waals surface area contributed by atoms with Crippen LogP contribution >= 0.6 is 46.1 Å². The molecule has 6 heteroatoms. The van der Waals surface area contributed by atoms with Crippen molar-refractivity contribution in [2.45, 2.75) is 83.1 Å². The Morgan fingerprint density at radius 1 is 0.481 bits per heavy atom. The van der Waals surface area contributed by atoms with Crippen LogP contribution in [0.1, 0.15) is 104 Å². The highest BCUT2D eigenvalue weighted by Crippen LogP contribution is 2.47. The van der Waals surface area contributed by atoms with E-state index in [1.165, 1.54) is 0 Å². The topological polar surface area (TPSA) is 34.1 Å². The number of thiophene rings is 1. The van der Waals surface area contributed by atoms with Crippen molar-refractivity contribution in [2.75, 3.05) is 0 Å². The summed E-state index contributed by atoms with van der Waals surface area (Å²) in [4.78, 5) is 30.0. The number of Topliss-reactive ketones (excluding diaryl/α,β-unsaturated/α-hetero) is 2. The molecule has 0 bridgehead atoms. The monoisotopic (exact) mass is 770 g/mol. The number of allylic oxidation sites excluding steroid dienone is 10. The molecule has 0 saturated heterocycles. The van der Waals surface area contributed by atoms with E-state index in [-0.39, 0.29) is 33.2 Å². The Kier molecular flexibility index (Phi) is 10.9. The molecule has 3 aromatic rings. The zero-order valence-corrected chi connectivity index (χ0v) is 35.4. The Balaban J connectivity index is 1.90. The number of halogens is 3. The van der Waals surface area contributed by atoms with E-state index in [1.807, 2.05) is 48.6 Å². The van der Waals surface area contributed by atoms with Crippen LogP contribution in [0.4, 0.5) is 0 Å². The van der Waals surface area contributed by atoms with E-state index in [2.05, 4.69) is 107 Å². The molecule has 0 fully saturated rings. The molecule has 1 aromatic heterocycles. The van der Waals surface area contributed by atoms with Crippen molar-refractivity contribution in [1.29, 1.82) is 0 Å². The molecule has 2 aliphatic rings. The average molecular weight is 772 g/mol. The molecule has 5 rings (SSSR count). The summed E-state index contributed by atoms with van der Waals surface area (Å²) >= 11 is 21.5. The molecule has 52 heavy (non-hydrogen) atoms. The highest BCUT2D eigenvalue weighted by atomic mass is 35.5. The van der Waals surface area contributed by atoms with Gasteiger partial charge in [-0.15, -0.1) is 11.3 Å². The van der Waals surface area contributed by atoms with Crippen LogP contribution in [0.25, 0.3) is 11.1 Å². The smallest absolute Gasteiger partial charge is 0.186 e. The fraction of sp³-hybridized carbons (Fsp3) is 0.348. The van der Waals surface area contributed by atoms with E-state index < -0.39 is 0 Å². The summed E-state index contributed by atoms with van der Waals surface area (Å²) in [5, 5.41) is 1.72. The van der Waals surface area contributed by atoms with E-state index >= 15 is 0 Å². The first-order valence-corrected chi connectivity index (χ1v) is 19.6. The van der Waals surface area contributed by atoms with Gasteiger partial charge < -0.3 is 0 Å². The number of benzene rings is 2. The van der Waals surface area contributed by atoms with Crippen LogP contribution in [0.5, 0.6) is 0 Å². The molecule has 0 aliphatic heterocycles. The third-order valence-electron chi connectivity index (χ3n) is 9.42.